The van der Waals surface area contributed by atoms with Crippen molar-refractivity contribution in [3.63, 3.8) is 0 Å². The van der Waals surface area contributed by atoms with Crippen LogP contribution in [0.5, 0.6) is 0 Å². The van der Waals surface area contributed by atoms with Crippen LogP contribution in [0.2, 0.25) is 5.02 Å². The molecule has 0 aliphatic rings. The minimum Gasteiger partial charge on any atom is -0.340 e. The number of fused-ring (bicyclic) bond motifs is 3. The van der Waals surface area contributed by atoms with Gasteiger partial charge in [-0.15, -0.1) is 5.10 Å². The van der Waals surface area contributed by atoms with Gasteiger partial charge >= 0.3 is 0 Å². The van der Waals surface area contributed by atoms with E-state index in [1.54, 1.807) is 54.6 Å². The van der Waals surface area contributed by atoms with E-state index in [-0.39, 0.29) is 21.4 Å². The molecule has 2 aromatic heterocycles. The Labute approximate surface area is 193 Å². The maximum atomic E-state index is 13.4. The smallest absolute Gasteiger partial charge is 0.229 e. The second-order valence-corrected chi connectivity index (χ2v) is 9.69. The molecule has 0 saturated heterocycles. The molecule has 1 N–H and O–H groups in total. The third-order valence-electron chi connectivity index (χ3n) is 5.28. The SMILES string of the molecule is CCc1ccc(S(=O)(=O)c2nnn3c2nc(Nc2ccc(F)cc2)c2cc(Cl)ccc23)cc1. The van der Waals surface area contributed by atoms with Crippen LogP contribution in [0.3, 0.4) is 0 Å². The van der Waals surface area contributed by atoms with Gasteiger partial charge in [-0.2, -0.15) is 4.52 Å². The highest BCUT2D eigenvalue weighted by Crippen LogP contribution is 2.31. The Morgan fingerprint density at radius 2 is 1.76 bits per heavy atom. The molecule has 0 aliphatic carbocycles. The molecule has 0 saturated carbocycles. The molecule has 0 spiro atoms. The summed E-state index contributed by atoms with van der Waals surface area (Å²) < 4.78 is 41.4. The van der Waals surface area contributed by atoms with Crippen LogP contribution in [0.15, 0.2) is 76.7 Å². The molecule has 2 heterocycles. The molecular formula is C23H17ClFN5O2S. The fourth-order valence-electron chi connectivity index (χ4n) is 3.52. The van der Waals surface area contributed by atoms with Gasteiger partial charge in [-0.1, -0.05) is 35.9 Å². The normalized spacial score (nSPS) is 11.8. The van der Waals surface area contributed by atoms with Gasteiger partial charge in [0.05, 0.1) is 10.4 Å². The van der Waals surface area contributed by atoms with Gasteiger partial charge in [-0.3, -0.25) is 0 Å². The number of nitrogens with one attached hydrogen (secondary N) is 1. The van der Waals surface area contributed by atoms with Gasteiger partial charge in [0.15, 0.2) is 5.65 Å². The lowest BCUT2D eigenvalue weighted by Gasteiger charge is -2.11. The highest BCUT2D eigenvalue weighted by atomic mass is 35.5. The van der Waals surface area contributed by atoms with Crippen molar-refractivity contribution in [1.29, 1.82) is 0 Å². The van der Waals surface area contributed by atoms with Gasteiger partial charge in [0, 0.05) is 16.1 Å². The van der Waals surface area contributed by atoms with Crippen LogP contribution < -0.4 is 5.32 Å². The number of nitrogens with zero attached hydrogens (tertiary/aromatic N) is 4. The largest absolute Gasteiger partial charge is 0.340 e. The highest BCUT2D eigenvalue weighted by molar-refractivity contribution is 7.91. The molecule has 0 bridgehead atoms. The quantitative estimate of drug-likeness (QED) is 0.370. The molecule has 0 fully saturated rings. The van der Waals surface area contributed by atoms with E-state index >= 15 is 0 Å². The van der Waals surface area contributed by atoms with Crippen molar-refractivity contribution in [2.24, 2.45) is 0 Å². The fourth-order valence-corrected chi connectivity index (χ4v) is 4.93. The monoisotopic (exact) mass is 481 g/mol. The van der Waals surface area contributed by atoms with E-state index < -0.39 is 9.84 Å². The first-order valence-corrected chi connectivity index (χ1v) is 11.9. The van der Waals surface area contributed by atoms with Gasteiger partial charge in [-0.25, -0.2) is 17.8 Å². The lowest BCUT2D eigenvalue weighted by molar-refractivity contribution is 0.592. The summed E-state index contributed by atoms with van der Waals surface area (Å²) in [5.74, 6) is -0.0361. The molecule has 3 aromatic carbocycles. The lowest BCUT2D eigenvalue weighted by atomic mass is 10.2. The zero-order chi connectivity index (χ0) is 23.2. The number of rotatable bonds is 5. The summed E-state index contributed by atoms with van der Waals surface area (Å²) in [6.07, 6.45) is 0.795. The zero-order valence-corrected chi connectivity index (χ0v) is 18.9. The zero-order valence-electron chi connectivity index (χ0n) is 17.3. The van der Waals surface area contributed by atoms with Crippen molar-refractivity contribution >= 4 is 49.5 Å². The molecule has 0 atom stereocenters. The summed E-state index contributed by atoms with van der Waals surface area (Å²) in [5, 5.41) is 12.0. The minimum atomic E-state index is -3.98. The number of hydrogen-bond donors (Lipinski definition) is 1. The van der Waals surface area contributed by atoms with Crippen molar-refractivity contribution in [1.82, 2.24) is 19.8 Å². The van der Waals surface area contributed by atoms with E-state index in [0.717, 1.165) is 12.0 Å². The van der Waals surface area contributed by atoms with Gasteiger partial charge in [-0.05, 0) is 66.6 Å². The summed E-state index contributed by atoms with van der Waals surface area (Å²) in [6, 6.07) is 17.4. The maximum absolute atomic E-state index is 13.4. The standard InChI is InChI=1S/C23H17ClFN5O2S/c1-2-14-3-10-18(11-4-14)33(31,32)23-22-27-21(26-17-8-6-16(25)7-9-17)19-13-15(24)5-12-20(19)30(22)29-28-23/h3-13H,2H2,1H3,(H,26,27). The summed E-state index contributed by atoms with van der Waals surface area (Å²) in [6.45, 7) is 1.99. The molecule has 0 unspecified atom stereocenters. The van der Waals surface area contributed by atoms with Crippen molar-refractivity contribution in [2.75, 3.05) is 5.32 Å². The number of anilines is 2. The van der Waals surface area contributed by atoms with Crippen LogP contribution in [0.25, 0.3) is 16.6 Å². The summed E-state index contributed by atoms with van der Waals surface area (Å²) in [4.78, 5) is 4.65. The fraction of sp³-hybridized carbons (Fsp3) is 0.0870. The molecule has 0 aliphatic heterocycles. The number of sulfone groups is 1. The molecule has 0 radical (unpaired) electrons. The third-order valence-corrected chi connectivity index (χ3v) is 7.18. The molecule has 7 nitrogen and oxygen atoms in total. The van der Waals surface area contributed by atoms with Crippen LogP contribution in [-0.4, -0.2) is 28.2 Å². The second kappa shape index (κ2) is 8.09. The lowest BCUT2D eigenvalue weighted by Crippen LogP contribution is -2.06. The highest BCUT2D eigenvalue weighted by Gasteiger charge is 2.27. The van der Waals surface area contributed by atoms with E-state index in [2.05, 4.69) is 20.6 Å². The van der Waals surface area contributed by atoms with Crippen LogP contribution in [0.4, 0.5) is 15.9 Å². The Bertz CT molecular complexity index is 1600. The number of aromatic nitrogens is 4. The van der Waals surface area contributed by atoms with Gasteiger partial charge in [0.25, 0.3) is 0 Å². The van der Waals surface area contributed by atoms with Crippen LogP contribution in [-0.2, 0) is 16.3 Å². The van der Waals surface area contributed by atoms with Crippen molar-refractivity contribution < 1.29 is 12.8 Å². The maximum Gasteiger partial charge on any atom is 0.229 e. The van der Waals surface area contributed by atoms with E-state index in [0.29, 0.717) is 27.4 Å². The Morgan fingerprint density at radius 3 is 2.45 bits per heavy atom. The topological polar surface area (TPSA) is 89.2 Å². The molecule has 5 rings (SSSR count). The van der Waals surface area contributed by atoms with Crippen LogP contribution >= 0.6 is 11.6 Å². The number of hydrogen-bond acceptors (Lipinski definition) is 6. The van der Waals surface area contributed by atoms with Gasteiger partial charge < -0.3 is 5.32 Å². The number of aryl methyl sites for hydroxylation is 1. The average molecular weight is 482 g/mol. The van der Waals surface area contributed by atoms with E-state index in [1.165, 1.54) is 16.6 Å². The predicted octanol–water partition coefficient (Wildman–Crippen LogP) is 5.21. The van der Waals surface area contributed by atoms with Crippen LogP contribution in [0.1, 0.15) is 12.5 Å². The first kappa shape index (κ1) is 21.3. The van der Waals surface area contributed by atoms with E-state index in [9.17, 15) is 12.8 Å². The molecule has 33 heavy (non-hydrogen) atoms. The first-order valence-electron chi connectivity index (χ1n) is 10.1. The Kier molecular flexibility index (Phi) is 5.22. The van der Waals surface area contributed by atoms with Crippen molar-refractivity contribution in [3.05, 3.63) is 83.1 Å². The summed E-state index contributed by atoms with van der Waals surface area (Å²) in [5.41, 5.74) is 2.22. The van der Waals surface area contributed by atoms with Gasteiger partial charge in [0.2, 0.25) is 14.9 Å². The Hall–Kier alpha value is -3.56. The third kappa shape index (κ3) is 3.79. The molecule has 0 amide bonds. The number of halogens is 2. The predicted molar refractivity (Wildman–Crippen MR) is 124 cm³/mol. The first-order chi connectivity index (χ1) is 15.9. The molecular weight excluding hydrogens is 465 g/mol. The Morgan fingerprint density at radius 1 is 1.03 bits per heavy atom. The number of benzene rings is 3. The molecule has 5 aromatic rings. The summed E-state index contributed by atoms with van der Waals surface area (Å²) >= 11 is 6.20. The van der Waals surface area contributed by atoms with Crippen LogP contribution in [0, 0.1) is 5.82 Å². The summed E-state index contributed by atoms with van der Waals surface area (Å²) in [7, 11) is -3.98. The average Bonchev–Trinajstić information content (AvgIpc) is 3.25. The Balaban J connectivity index is 1.72. The van der Waals surface area contributed by atoms with Crippen molar-refractivity contribution in [3.8, 4) is 0 Å². The van der Waals surface area contributed by atoms with E-state index in [1.807, 2.05) is 6.92 Å². The molecule has 166 valence electrons. The molecule has 10 heteroatoms. The van der Waals surface area contributed by atoms with Gasteiger partial charge in [0.1, 0.15) is 11.6 Å². The second-order valence-electron chi connectivity index (χ2n) is 7.38. The van der Waals surface area contributed by atoms with Crippen molar-refractivity contribution in [2.45, 2.75) is 23.3 Å². The van der Waals surface area contributed by atoms with E-state index in [4.69, 9.17) is 11.6 Å². The minimum absolute atomic E-state index is 0.0639.